The van der Waals surface area contributed by atoms with E-state index in [-0.39, 0.29) is 11.8 Å². The van der Waals surface area contributed by atoms with E-state index in [1.165, 1.54) is 0 Å². The fourth-order valence-corrected chi connectivity index (χ4v) is 2.72. The van der Waals surface area contributed by atoms with Gasteiger partial charge >= 0.3 is 0 Å². The van der Waals surface area contributed by atoms with E-state index in [1.807, 2.05) is 0 Å². The number of hydrogen-bond acceptors (Lipinski definition) is 3. The molecule has 4 heteroatoms. The van der Waals surface area contributed by atoms with Crippen molar-refractivity contribution in [2.24, 2.45) is 17.8 Å². The summed E-state index contributed by atoms with van der Waals surface area (Å²) in [6, 6.07) is 0.437. The normalized spacial score (nSPS) is 30.2. The standard InChI is InChI=1S/C14H26N2O2/c1-10(2)13(16-4-6-18-7-5-16)9-15-14(17)12-8-11(12)3/h10-13H,4-9H2,1-3H3,(H,15,17). The summed E-state index contributed by atoms with van der Waals surface area (Å²) in [5, 5.41) is 3.13. The molecule has 1 heterocycles. The van der Waals surface area contributed by atoms with Gasteiger partial charge in [-0.15, -0.1) is 0 Å². The van der Waals surface area contributed by atoms with Crippen molar-refractivity contribution in [3.63, 3.8) is 0 Å². The van der Waals surface area contributed by atoms with E-state index in [1.54, 1.807) is 0 Å². The van der Waals surface area contributed by atoms with E-state index in [0.717, 1.165) is 39.3 Å². The first-order valence-corrected chi connectivity index (χ1v) is 7.19. The summed E-state index contributed by atoms with van der Waals surface area (Å²) in [6.07, 6.45) is 1.07. The van der Waals surface area contributed by atoms with Crippen molar-refractivity contribution in [3.05, 3.63) is 0 Å². The second-order valence-corrected chi connectivity index (χ2v) is 6.02. The molecule has 3 atom stereocenters. The lowest BCUT2D eigenvalue weighted by molar-refractivity contribution is -0.123. The fourth-order valence-electron chi connectivity index (χ4n) is 2.72. The molecule has 3 unspecified atom stereocenters. The van der Waals surface area contributed by atoms with E-state index < -0.39 is 0 Å². The Kier molecular flexibility index (Phi) is 4.62. The second-order valence-electron chi connectivity index (χ2n) is 6.02. The van der Waals surface area contributed by atoms with E-state index in [9.17, 15) is 4.79 Å². The minimum atomic E-state index is 0.251. The van der Waals surface area contributed by atoms with Crippen LogP contribution in [0.15, 0.2) is 0 Å². The Bertz CT molecular complexity index is 288. The Labute approximate surface area is 110 Å². The molecule has 0 aromatic carbocycles. The third-order valence-corrected chi connectivity index (χ3v) is 4.22. The molecule has 0 aromatic rings. The molecule has 0 bridgehead atoms. The second kappa shape index (κ2) is 6.02. The van der Waals surface area contributed by atoms with Crippen molar-refractivity contribution in [2.75, 3.05) is 32.8 Å². The molecule has 1 saturated heterocycles. The van der Waals surface area contributed by atoms with Gasteiger partial charge in [-0.3, -0.25) is 9.69 Å². The molecule has 2 fully saturated rings. The zero-order chi connectivity index (χ0) is 13.1. The van der Waals surface area contributed by atoms with Crippen LogP contribution < -0.4 is 5.32 Å². The van der Waals surface area contributed by atoms with Crippen molar-refractivity contribution in [2.45, 2.75) is 33.2 Å². The zero-order valence-corrected chi connectivity index (χ0v) is 11.8. The van der Waals surface area contributed by atoms with E-state index in [2.05, 4.69) is 31.0 Å². The molecule has 1 saturated carbocycles. The van der Waals surface area contributed by atoms with Crippen LogP contribution in [0.25, 0.3) is 0 Å². The van der Waals surface area contributed by atoms with Crippen LogP contribution in [0.4, 0.5) is 0 Å². The third-order valence-electron chi connectivity index (χ3n) is 4.22. The van der Waals surface area contributed by atoms with Crippen LogP contribution in [-0.2, 0) is 9.53 Å². The van der Waals surface area contributed by atoms with Crippen molar-refractivity contribution < 1.29 is 9.53 Å². The van der Waals surface area contributed by atoms with Crippen LogP contribution >= 0.6 is 0 Å². The van der Waals surface area contributed by atoms with Gasteiger partial charge in [0.2, 0.25) is 5.91 Å². The number of carbonyl (C=O) groups is 1. The van der Waals surface area contributed by atoms with Crippen molar-refractivity contribution in [1.82, 2.24) is 10.2 Å². The Hall–Kier alpha value is -0.610. The van der Waals surface area contributed by atoms with E-state index in [0.29, 0.717) is 17.9 Å². The molecule has 4 nitrogen and oxygen atoms in total. The molecule has 1 aliphatic carbocycles. The lowest BCUT2D eigenvalue weighted by Crippen LogP contribution is -2.51. The summed E-state index contributed by atoms with van der Waals surface area (Å²) < 4.78 is 5.39. The van der Waals surface area contributed by atoms with Crippen LogP contribution in [0.2, 0.25) is 0 Å². The largest absolute Gasteiger partial charge is 0.379 e. The number of ether oxygens (including phenoxy) is 1. The predicted octanol–water partition coefficient (Wildman–Crippen LogP) is 1.12. The number of nitrogens with one attached hydrogen (secondary N) is 1. The van der Waals surface area contributed by atoms with Gasteiger partial charge in [-0.05, 0) is 18.3 Å². The van der Waals surface area contributed by atoms with Crippen LogP contribution in [-0.4, -0.2) is 49.7 Å². The molecular weight excluding hydrogens is 228 g/mol. The van der Waals surface area contributed by atoms with Crippen LogP contribution in [0.3, 0.4) is 0 Å². The number of rotatable bonds is 5. The highest BCUT2D eigenvalue weighted by atomic mass is 16.5. The molecule has 2 aliphatic rings. The van der Waals surface area contributed by atoms with Gasteiger partial charge in [0.1, 0.15) is 0 Å². The average molecular weight is 254 g/mol. The Morgan fingerprint density at radius 2 is 2.00 bits per heavy atom. The highest BCUT2D eigenvalue weighted by Gasteiger charge is 2.39. The Balaban J connectivity index is 1.80. The highest BCUT2D eigenvalue weighted by Crippen LogP contribution is 2.37. The van der Waals surface area contributed by atoms with Gasteiger partial charge < -0.3 is 10.1 Å². The smallest absolute Gasteiger partial charge is 0.223 e. The van der Waals surface area contributed by atoms with Gasteiger partial charge in [-0.2, -0.15) is 0 Å². The summed E-state index contributed by atoms with van der Waals surface area (Å²) in [4.78, 5) is 14.3. The zero-order valence-electron chi connectivity index (χ0n) is 11.8. The predicted molar refractivity (Wildman–Crippen MR) is 71.3 cm³/mol. The summed E-state index contributed by atoms with van der Waals surface area (Å²) in [5.41, 5.74) is 0. The number of nitrogens with zero attached hydrogens (tertiary/aromatic N) is 1. The molecule has 0 aromatic heterocycles. The fraction of sp³-hybridized carbons (Fsp3) is 0.929. The lowest BCUT2D eigenvalue weighted by atomic mass is 10.0. The molecular formula is C14H26N2O2. The highest BCUT2D eigenvalue weighted by molar-refractivity contribution is 5.81. The quantitative estimate of drug-likeness (QED) is 0.799. The Morgan fingerprint density at radius 3 is 2.50 bits per heavy atom. The lowest BCUT2D eigenvalue weighted by Gasteiger charge is -2.36. The first-order valence-electron chi connectivity index (χ1n) is 7.19. The topological polar surface area (TPSA) is 41.6 Å². The molecule has 2 rings (SSSR count). The van der Waals surface area contributed by atoms with Crippen LogP contribution in [0, 0.1) is 17.8 Å². The molecule has 0 radical (unpaired) electrons. The van der Waals surface area contributed by atoms with Gasteiger partial charge in [0, 0.05) is 31.6 Å². The number of carbonyl (C=O) groups excluding carboxylic acids is 1. The first-order chi connectivity index (χ1) is 8.59. The Morgan fingerprint density at radius 1 is 1.39 bits per heavy atom. The molecule has 0 spiro atoms. The monoisotopic (exact) mass is 254 g/mol. The first kappa shape index (κ1) is 13.8. The maximum atomic E-state index is 11.9. The third kappa shape index (κ3) is 3.45. The molecule has 1 N–H and O–H groups in total. The van der Waals surface area contributed by atoms with Crippen LogP contribution in [0.5, 0.6) is 0 Å². The SMILES string of the molecule is CC(C)C(CNC(=O)C1CC1C)N1CCOCC1. The van der Waals surface area contributed by atoms with Crippen molar-refractivity contribution in [3.8, 4) is 0 Å². The van der Waals surface area contributed by atoms with Gasteiger partial charge in [0.25, 0.3) is 0 Å². The van der Waals surface area contributed by atoms with Crippen molar-refractivity contribution >= 4 is 5.91 Å². The van der Waals surface area contributed by atoms with Gasteiger partial charge in [-0.1, -0.05) is 20.8 Å². The summed E-state index contributed by atoms with van der Waals surface area (Å²) in [5.74, 6) is 1.68. The minimum Gasteiger partial charge on any atom is -0.379 e. The van der Waals surface area contributed by atoms with Gasteiger partial charge in [-0.25, -0.2) is 0 Å². The average Bonchev–Trinajstić information content (AvgIpc) is 3.07. The molecule has 1 aliphatic heterocycles. The molecule has 18 heavy (non-hydrogen) atoms. The molecule has 1 amide bonds. The minimum absolute atomic E-state index is 0.251. The number of morpholine rings is 1. The number of amides is 1. The maximum absolute atomic E-state index is 11.9. The van der Waals surface area contributed by atoms with Gasteiger partial charge in [0.15, 0.2) is 0 Å². The van der Waals surface area contributed by atoms with E-state index >= 15 is 0 Å². The molecule has 104 valence electrons. The van der Waals surface area contributed by atoms with Crippen LogP contribution in [0.1, 0.15) is 27.2 Å². The summed E-state index contributed by atoms with van der Waals surface area (Å²) in [6.45, 7) is 11.0. The maximum Gasteiger partial charge on any atom is 0.223 e. The summed E-state index contributed by atoms with van der Waals surface area (Å²) >= 11 is 0. The van der Waals surface area contributed by atoms with Gasteiger partial charge in [0.05, 0.1) is 13.2 Å². The summed E-state index contributed by atoms with van der Waals surface area (Å²) in [7, 11) is 0. The van der Waals surface area contributed by atoms with E-state index in [4.69, 9.17) is 4.74 Å². The van der Waals surface area contributed by atoms with Crippen molar-refractivity contribution in [1.29, 1.82) is 0 Å². The number of hydrogen-bond donors (Lipinski definition) is 1.